The highest BCUT2D eigenvalue weighted by atomic mass is 19.4. The van der Waals surface area contributed by atoms with Gasteiger partial charge in [-0.3, -0.25) is 9.59 Å². The first-order valence-corrected chi connectivity index (χ1v) is 9.86. The van der Waals surface area contributed by atoms with Crippen LogP contribution in [0.5, 0.6) is 0 Å². The molecule has 10 heteroatoms. The van der Waals surface area contributed by atoms with Crippen molar-refractivity contribution in [1.82, 2.24) is 19.2 Å². The molecule has 162 valence electrons. The minimum Gasteiger partial charge on any atom is -0.324 e. The Morgan fingerprint density at radius 1 is 1.06 bits per heavy atom. The second kappa shape index (κ2) is 7.33. The van der Waals surface area contributed by atoms with Crippen LogP contribution in [-0.2, 0) is 17.4 Å². The van der Waals surface area contributed by atoms with Crippen LogP contribution in [0.15, 0.2) is 65.5 Å². The number of rotatable bonds is 3. The van der Waals surface area contributed by atoms with Crippen molar-refractivity contribution in [1.29, 1.82) is 0 Å². The molecule has 0 spiro atoms. The van der Waals surface area contributed by atoms with E-state index in [1.807, 2.05) is 30.3 Å². The van der Waals surface area contributed by atoms with Crippen molar-refractivity contribution in [2.24, 2.45) is 0 Å². The van der Waals surface area contributed by atoms with E-state index in [2.05, 4.69) is 15.4 Å². The normalized spacial score (nSPS) is 15.7. The zero-order chi connectivity index (χ0) is 22.5. The first-order valence-electron chi connectivity index (χ1n) is 9.86. The van der Waals surface area contributed by atoms with E-state index in [9.17, 15) is 22.8 Å². The molecule has 0 saturated heterocycles. The van der Waals surface area contributed by atoms with Gasteiger partial charge < -0.3 is 9.88 Å². The molecule has 0 fully saturated rings. The molecule has 0 saturated carbocycles. The van der Waals surface area contributed by atoms with Crippen LogP contribution in [0.1, 0.15) is 23.7 Å². The van der Waals surface area contributed by atoms with E-state index >= 15 is 0 Å². The van der Waals surface area contributed by atoms with Gasteiger partial charge in [-0.15, -0.1) is 5.10 Å². The number of hydrogen-bond acceptors (Lipinski definition) is 4. The smallest absolute Gasteiger partial charge is 0.324 e. The third-order valence-electron chi connectivity index (χ3n) is 5.41. The maximum Gasteiger partial charge on any atom is 0.416 e. The number of fused-ring (bicyclic) bond motifs is 3. The molecule has 1 N–H and O–H groups in total. The van der Waals surface area contributed by atoms with Crippen molar-refractivity contribution in [3.63, 3.8) is 0 Å². The lowest BCUT2D eigenvalue weighted by molar-refractivity contribution is -0.137. The molecule has 1 amide bonds. The minimum absolute atomic E-state index is 0.247. The summed E-state index contributed by atoms with van der Waals surface area (Å²) in [6.07, 6.45) is -3.53. The molecule has 5 rings (SSSR count). The quantitative estimate of drug-likeness (QED) is 0.528. The molecule has 1 atom stereocenters. The van der Waals surface area contributed by atoms with Gasteiger partial charge in [-0.2, -0.15) is 22.7 Å². The Morgan fingerprint density at radius 2 is 1.78 bits per heavy atom. The Bertz CT molecular complexity index is 1380. The number of hydrogen-bond donors (Lipinski definition) is 1. The summed E-state index contributed by atoms with van der Waals surface area (Å²) in [5.41, 5.74) is 0.498. The van der Waals surface area contributed by atoms with Crippen molar-refractivity contribution < 1.29 is 18.0 Å². The first-order chi connectivity index (χ1) is 15.3. The number of nitrogens with zero attached hydrogens (tertiary/aromatic N) is 4. The Morgan fingerprint density at radius 3 is 2.47 bits per heavy atom. The average molecular weight is 439 g/mol. The number of aryl methyl sites for hydroxylation is 1. The Hall–Kier alpha value is -3.95. The highest BCUT2D eigenvalue weighted by Crippen LogP contribution is 2.31. The number of anilines is 1. The van der Waals surface area contributed by atoms with Gasteiger partial charge >= 0.3 is 6.18 Å². The number of aromatic nitrogens is 4. The van der Waals surface area contributed by atoms with Gasteiger partial charge in [-0.25, -0.2) is 0 Å². The van der Waals surface area contributed by atoms with Gasteiger partial charge in [0.15, 0.2) is 5.82 Å². The lowest BCUT2D eigenvalue weighted by Gasteiger charge is -2.16. The van der Waals surface area contributed by atoms with E-state index in [0.29, 0.717) is 24.4 Å². The molecule has 32 heavy (non-hydrogen) atoms. The van der Waals surface area contributed by atoms with E-state index in [4.69, 9.17) is 0 Å². The highest BCUT2D eigenvalue weighted by molar-refractivity contribution is 5.94. The summed E-state index contributed by atoms with van der Waals surface area (Å²) in [5.74, 6) is 0.201. The lowest BCUT2D eigenvalue weighted by Crippen LogP contribution is -2.27. The topological polar surface area (TPSA) is 81.3 Å². The molecule has 0 bridgehead atoms. The van der Waals surface area contributed by atoms with Crippen molar-refractivity contribution >= 4 is 17.4 Å². The molecule has 2 aromatic carbocycles. The predicted molar refractivity (Wildman–Crippen MR) is 110 cm³/mol. The number of benzene rings is 2. The van der Waals surface area contributed by atoms with Crippen LogP contribution in [0.25, 0.3) is 17.2 Å². The summed E-state index contributed by atoms with van der Waals surface area (Å²) in [6, 6.07) is 14.2. The number of amides is 1. The third kappa shape index (κ3) is 3.43. The van der Waals surface area contributed by atoms with Crippen LogP contribution in [-0.4, -0.2) is 25.1 Å². The van der Waals surface area contributed by atoms with Gasteiger partial charge in [0.2, 0.25) is 11.7 Å². The maximum absolute atomic E-state index is 13.0. The predicted octanol–water partition coefficient (Wildman–Crippen LogP) is 3.70. The van der Waals surface area contributed by atoms with Crippen molar-refractivity contribution in [2.45, 2.75) is 25.1 Å². The van der Waals surface area contributed by atoms with E-state index < -0.39 is 23.7 Å². The fraction of sp³-hybridized carbons (Fsp3) is 0.182. The maximum atomic E-state index is 13.0. The van der Waals surface area contributed by atoms with Gasteiger partial charge in [0.05, 0.1) is 5.56 Å². The zero-order valence-electron chi connectivity index (χ0n) is 16.5. The molecular weight excluding hydrogens is 423 g/mol. The fourth-order valence-corrected chi connectivity index (χ4v) is 3.88. The van der Waals surface area contributed by atoms with Crippen LogP contribution < -0.4 is 10.9 Å². The highest BCUT2D eigenvalue weighted by Gasteiger charge is 2.32. The molecule has 2 aromatic heterocycles. The first kappa shape index (κ1) is 20.0. The second-order valence-corrected chi connectivity index (χ2v) is 7.48. The van der Waals surface area contributed by atoms with Crippen LogP contribution in [0, 0.1) is 0 Å². The summed E-state index contributed by atoms with van der Waals surface area (Å²) < 4.78 is 41.1. The largest absolute Gasteiger partial charge is 0.416 e. The van der Waals surface area contributed by atoms with Crippen molar-refractivity contribution in [2.75, 3.05) is 5.32 Å². The average Bonchev–Trinajstić information content (AvgIpc) is 3.39. The Balaban J connectivity index is 1.49. The van der Waals surface area contributed by atoms with Gasteiger partial charge in [0.1, 0.15) is 6.04 Å². The molecule has 0 aliphatic carbocycles. The Labute approximate surface area is 179 Å². The van der Waals surface area contributed by atoms with Crippen LogP contribution >= 0.6 is 0 Å². The van der Waals surface area contributed by atoms with Gasteiger partial charge in [-0.05, 0) is 37.1 Å². The van der Waals surface area contributed by atoms with Crippen LogP contribution in [0.2, 0.25) is 0 Å². The fourth-order valence-electron chi connectivity index (χ4n) is 3.88. The molecule has 4 aromatic rings. The van der Waals surface area contributed by atoms with Gasteiger partial charge in [0.25, 0.3) is 5.56 Å². The van der Waals surface area contributed by atoms with E-state index in [1.165, 1.54) is 18.2 Å². The van der Waals surface area contributed by atoms with Crippen molar-refractivity contribution in [3.05, 3.63) is 82.3 Å². The van der Waals surface area contributed by atoms with E-state index in [1.54, 1.807) is 4.57 Å². The molecular formula is C22H16F3N5O2. The molecule has 1 unspecified atom stereocenters. The number of alkyl halides is 3. The lowest BCUT2D eigenvalue weighted by atomic mass is 10.1. The summed E-state index contributed by atoms with van der Waals surface area (Å²) in [7, 11) is 0. The monoisotopic (exact) mass is 439 g/mol. The number of carbonyl (C=O) groups excluding carboxylic acids is 1. The SMILES string of the molecule is O=C(Nc1ccc(C(F)(F)F)cc1)C1CCc2cc(=O)n3nc(-c4ccccc4)nc3n21. The summed E-state index contributed by atoms with van der Waals surface area (Å²) in [6.45, 7) is 0. The number of nitrogens with one attached hydrogen (secondary N) is 1. The van der Waals surface area contributed by atoms with Crippen LogP contribution in [0.4, 0.5) is 18.9 Å². The Kier molecular flexibility index (Phi) is 4.58. The van der Waals surface area contributed by atoms with Gasteiger partial charge in [0, 0.05) is 23.0 Å². The number of carbonyl (C=O) groups is 1. The summed E-state index contributed by atoms with van der Waals surface area (Å²) in [5, 5.41) is 6.96. The van der Waals surface area contributed by atoms with E-state index in [0.717, 1.165) is 22.2 Å². The van der Waals surface area contributed by atoms with Gasteiger partial charge in [-0.1, -0.05) is 30.3 Å². The molecule has 7 nitrogen and oxygen atoms in total. The molecule has 1 aliphatic heterocycles. The van der Waals surface area contributed by atoms with Crippen molar-refractivity contribution in [3.8, 4) is 11.4 Å². The summed E-state index contributed by atoms with van der Waals surface area (Å²) >= 11 is 0. The second-order valence-electron chi connectivity index (χ2n) is 7.48. The number of halogens is 3. The molecule has 3 heterocycles. The van der Waals surface area contributed by atoms with E-state index in [-0.39, 0.29) is 17.0 Å². The molecule has 1 aliphatic rings. The van der Waals surface area contributed by atoms with Crippen LogP contribution in [0.3, 0.4) is 0 Å². The molecule has 0 radical (unpaired) electrons. The minimum atomic E-state index is -4.45. The summed E-state index contributed by atoms with van der Waals surface area (Å²) in [4.78, 5) is 30.0. The third-order valence-corrected chi connectivity index (χ3v) is 5.41. The zero-order valence-corrected chi connectivity index (χ0v) is 16.5. The standard InChI is InChI=1S/C22H16F3N5O2/c23-22(24,25)14-6-8-15(9-7-14)26-20(32)17-11-10-16-12-18(31)30-21(29(16)17)27-19(28-30)13-4-2-1-3-5-13/h1-9,12,17H,10-11H2,(H,26,32).